The molecule has 0 bridgehead atoms. The Kier molecular flexibility index (Phi) is 6.22. The second-order valence-electron chi connectivity index (χ2n) is 5.13. The van der Waals surface area contributed by atoms with E-state index in [0.29, 0.717) is 5.56 Å². The average Bonchev–Trinajstić information content (AvgIpc) is 2.83. The van der Waals surface area contributed by atoms with Crippen molar-refractivity contribution in [2.75, 3.05) is 13.7 Å². The maximum absolute atomic E-state index is 12.2. The first-order chi connectivity index (χ1) is 12.2. The Labute approximate surface area is 158 Å². The number of carbonyl (C=O) groups is 3. The Morgan fingerprint density at radius 3 is 2.62 bits per heavy atom. The van der Waals surface area contributed by atoms with E-state index in [1.165, 1.54) is 26.2 Å². The molecule has 1 amide bonds. The topological polar surface area (TPSA) is 119 Å². The quantitative estimate of drug-likeness (QED) is 0.430. The van der Waals surface area contributed by atoms with Crippen molar-refractivity contribution in [3.63, 3.8) is 0 Å². The number of hydrogen-bond donors (Lipinski definition) is 0. The number of ether oxygens (including phenoxy) is 2. The summed E-state index contributed by atoms with van der Waals surface area (Å²) in [6.07, 6.45) is 0.346. The molecule has 0 spiro atoms. The van der Waals surface area contributed by atoms with Crippen LogP contribution in [0.4, 0.5) is 0 Å². The minimum absolute atomic E-state index is 0.125. The highest BCUT2D eigenvalue weighted by atomic mass is 32.2. The Bertz CT molecular complexity index is 806. The standard InChI is InChI=1S/C16H15NO7S2/c1-8(15(21)22)24-10-4-3-9(5-11(10)23-2)6-12-14(20)17(7-13(18)19)16(25)26-12/h3-6,8H,7H2,1-2H3,(H,18,19)(H,21,22)/p-2/b12-6-/t8-/m0/s1. The molecule has 1 saturated heterocycles. The third-order valence-corrected chi connectivity index (χ3v) is 4.66. The van der Waals surface area contributed by atoms with E-state index >= 15 is 0 Å². The summed E-state index contributed by atoms with van der Waals surface area (Å²) < 4.78 is 10.5. The summed E-state index contributed by atoms with van der Waals surface area (Å²) in [5, 5.41) is 21.5. The number of amides is 1. The van der Waals surface area contributed by atoms with Crippen molar-refractivity contribution in [3.05, 3.63) is 28.7 Å². The highest BCUT2D eigenvalue weighted by molar-refractivity contribution is 8.26. The minimum atomic E-state index is -1.41. The second-order valence-corrected chi connectivity index (χ2v) is 6.81. The molecule has 1 aliphatic heterocycles. The number of carboxylic acid groups (broad SMARTS) is 2. The van der Waals surface area contributed by atoms with Gasteiger partial charge in [0.1, 0.15) is 10.4 Å². The summed E-state index contributed by atoms with van der Waals surface area (Å²) >= 11 is 5.97. The van der Waals surface area contributed by atoms with E-state index in [-0.39, 0.29) is 20.7 Å². The van der Waals surface area contributed by atoms with Crippen LogP contribution in [0.5, 0.6) is 11.5 Å². The molecular weight excluding hydrogens is 382 g/mol. The van der Waals surface area contributed by atoms with Crippen LogP contribution in [0.2, 0.25) is 0 Å². The maximum atomic E-state index is 12.2. The lowest BCUT2D eigenvalue weighted by molar-refractivity contribution is -0.313. The Hall–Kier alpha value is -2.59. The molecule has 1 atom stereocenters. The zero-order valence-corrected chi connectivity index (χ0v) is 15.3. The fourth-order valence-corrected chi connectivity index (χ4v) is 3.28. The van der Waals surface area contributed by atoms with Gasteiger partial charge in [-0.1, -0.05) is 30.0 Å². The molecule has 0 saturated carbocycles. The molecule has 2 rings (SSSR count). The van der Waals surface area contributed by atoms with Crippen molar-refractivity contribution in [2.24, 2.45) is 0 Å². The number of nitrogens with zero attached hydrogens (tertiary/aromatic N) is 1. The van der Waals surface area contributed by atoms with Crippen LogP contribution in [0.25, 0.3) is 6.08 Å². The first-order valence-electron chi connectivity index (χ1n) is 7.23. The molecule has 138 valence electrons. The van der Waals surface area contributed by atoms with Gasteiger partial charge in [-0.3, -0.25) is 9.69 Å². The molecule has 1 aromatic rings. The normalized spacial score (nSPS) is 16.7. The van der Waals surface area contributed by atoms with Gasteiger partial charge in [0.25, 0.3) is 5.91 Å². The molecule has 0 radical (unpaired) electrons. The highest BCUT2D eigenvalue weighted by Crippen LogP contribution is 2.34. The summed E-state index contributed by atoms with van der Waals surface area (Å²) in [4.78, 5) is 34.9. The third kappa shape index (κ3) is 4.52. The van der Waals surface area contributed by atoms with E-state index in [1.54, 1.807) is 12.1 Å². The monoisotopic (exact) mass is 395 g/mol. The van der Waals surface area contributed by atoms with Gasteiger partial charge >= 0.3 is 0 Å². The van der Waals surface area contributed by atoms with Gasteiger partial charge in [0, 0.05) is 0 Å². The smallest absolute Gasteiger partial charge is 0.266 e. The summed E-state index contributed by atoms with van der Waals surface area (Å²) in [5.41, 5.74) is 0.559. The van der Waals surface area contributed by atoms with Crippen LogP contribution in [0.15, 0.2) is 23.1 Å². The molecule has 8 nitrogen and oxygen atoms in total. The number of rotatable bonds is 7. The van der Waals surface area contributed by atoms with Crippen LogP contribution in [-0.2, 0) is 14.4 Å². The molecule has 1 heterocycles. The number of aliphatic carboxylic acids is 2. The number of thioether (sulfide) groups is 1. The van der Waals surface area contributed by atoms with Crippen molar-refractivity contribution in [2.45, 2.75) is 13.0 Å². The molecule has 26 heavy (non-hydrogen) atoms. The third-order valence-electron chi connectivity index (χ3n) is 3.28. The number of methoxy groups -OCH3 is 1. The predicted octanol–water partition coefficient (Wildman–Crippen LogP) is -0.836. The van der Waals surface area contributed by atoms with Crippen molar-refractivity contribution < 1.29 is 34.1 Å². The van der Waals surface area contributed by atoms with E-state index in [4.69, 9.17) is 21.7 Å². The maximum Gasteiger partial charge on any atom is 0.266 e. The van der Waals surface area contributed by atoms with Gasteiger partial charge in [0.15, 0.2) is 11.5 Å². The number of hydrogen-bond acceptors (Lipinski definition) is 9. The van der Waals surface area contributed by atoms with Crippen LogP contribution in [0.1, 0.15) is 12.5 Å². The zero-order valence-electron chi connectivity index (χ0n) is 13.7. The summed E-state index contributed by atoms with van der Waals surface area (Å²) in [5.74, 6) is -2.85. The van der Waals surface area contributed by atoms with Crippen LogP contribution < -0.4 is 19.7 Å². The fourth-order valence-electron chi connectivity index (χ4n) is 2.03. The minimum Gasteiger partial charge on any atom is -0.548 e. The molecular formula is C16H13NO7S2-2. The van der Waals surface area contributed by atoms with Gasteiger partial charge in [-0.05, 0) is 30.7 Å². The first kappa shape index (κ1) is 19.7. The van der Waals surface area contributed by atoms with E-state index < -0.39 is 30.5 Å². The molecule has 1 fully saturated rings. The average molecular weight is 395 g/mol. The Morgan fingerprint density at radius 1 is 1.35 bits per heavy atom. The lowest BCUT2D eigenvalue weighted by atomic mass is 10.2. The van der Waals surface area contributed by atoms with Crippen LogP contribution in [-0.4, -0.2) is 46.8 Å². The second kappa shape index (κ2) is 8.19. The van der Waals surface area contributed by atoms with Crippen molar-refractivity contribution in [3.8, 4) is 11.5 Å². The number of carboxylic acids is 2. The molecule has 0 N–H and O–H groups in total. The lowest BCUT2D eigenvalue weighted by Gasteiger charge is -2.17. The largest absolute Gasteiger partial charge is 0.548 e. The molecule has 10 heteroatoms. The van der Waals surface area contributed by atoms with Gasteiger partial charge in [-0.25, -0.2) is 0 Å². The van der Waals surface area contributed by atoms with Gasteiger partial charge in [-0.2, -0.15) is 0 Å². The van der Waals surface area contributed by atoms with E-state index in [1.807, 2.05) is 0 Å². The van der Waals surface area contributed by atoms with Gasteiger partial charge in [0.05, 0.1) is 30.5 Å². The number of thiocarbonyl (C=S) groups is 1. The Balaban J connectivity index is 2.25. The van der Waals surface area contributed by atoms with E-state index in [2.05, 4.69) is 0 Å². The van der Waals surface area contributed by atoms with Crippen LogP contribution >= 0.6 is 24.0 Å². The van der Waals surface area contributed by atoms with Crippen LogP contribution in [0.3, 0.4) is 0 Å². The molecule has 1 aliphatic rings. The summed E-state index contributed by atoms with van der Waals surface area (Å²) in [6, 6.07) is 4.62. The Morgan fingerprint density at radius 2 is 2.04 bits per heavy atom. The first-order valence-corrected chi connectivity index (χ1v) is 8.46. The van der Waals surface area contributed by atoms with Crippen molar-refractivity contribution in [1.29, 1.82) is 0 Å². The molecule has 0 unspecified atom stereocenters. The summed E-state index contributed by atoms with van der Waals surface area (Å²) in [6.45, 7) is 0.713. The SMILES string of the molecule is COc1cc(/C=C2\SC(=S)N(CC(=O)[O-])C2=O)ccc1O[C@@H](C)C(=O)[O-]. The van der Waals surface area contributed by atoms with Crippen molar-refractivity contribution in [1.82, 2.24) is 4.90 Å². The van der Waals surface area contributed by atoms with Gasteiger partial charge in [0.2, 0.25) is 0 Å². The predicted molar refractivity (Wildman–Crippen MR) is 93.0 cm³/mol. The van der Waals surface area contributed by atoms with Gasteiger partial charge in [-0.15, -0.1) is 0 Å². The zero-order chi connectivity index (χ0) is 19.4. The number of benzene rings is 1. The molecule has 0 aliphatic carbocycles. The van der Waals surface area contributed by atoms with Gasteiger partial charge < -0.3 is 29.3 Å². The molecule has 1 aromatic carbocycles. The van der Waals surface area contributed by atoms with Crippen LogP contribution in [0, 0.1) is 0 Å². The molecule has 0 aromatic heterocycles. The van der Waals surface area contributed by atoms with Crippen molar-refractivity contribution >= 4 is 52.2 Å². The fraction of sp³-hybridized carbons (Fsp3) is 0.250. The lowest BCUT2D eigenvalue weighted by Crippen LogP contribution is -2.40. The van der Waals surface area contributed by atoms with E-state index in [0.717, 1.165) is 16.7 Å². The van der Waals surface area contributed by atoms with E-state index in [9.17, 15) is 24.6 Å². The summed E-state index contributed by atoms with van der Waals surface area (Å²) in [7, 11) is 1.38. The highest BCUT2D eigenvalue weighted by Gasteiger charge is 2.31. The number of carbonyl (C=O) groups excluding carboxylic acids is 3.